The zero-order chi connectivity index (χ0) is 20.1. The zero-order valence-corrected chi connectivity index (χ0v) is 17.4. The van der Waals surface area contributed by atoms with Crippen molar-refractivity contribution >= 4 is 5.91 Å². The van der Waals surface area contributed by atoms with Gasteiger partial charge in [0.15, 0.2) is 0 Å². The molecule has 0 aromatic carbocycles. The van der Waals surface area contributed by atoms with E-state index in [2.05, 4.69) is 9.88 Å². The van der Waals surface area contributed by atoms with Crippen LogP contribution in [0.3, 0.4) is 0 Å². The van der Waals surface area contributed by atoms with Crippen LogP contribution in [-0.2, 0) is 15.1 Å². The molecule has 2 aliphatic heterocycles. The molecule has 2 atom stereocenters. The van der Waals surface area contributed by atoms with Crippen LogP contribution in [-0.4, -0.2) is 55.2 Å². The van der Waals surface area contributed by atoms with Gasteiger partial charge in [-0.05, 0) is 61.6 Å². The van der Waals surface area contributed by atoms with Gasteiger partial charge in [-0.15, -0.1) is 0 Å². The Morgan fingerprint density at radius 2 is 1.93 bits per heavy atom. The molecule has 1 aromatic rings. The van der Waals surface area contributed by atoms with Gasteiger partial charge >= 0.3 is 0 Å². The summed E-state index contributed by atoms with van der Waals surface area (Å²) in [6.45, 7) is 4.04. The van der Waals surface area contributed by atoms with Gasteiger partial charge < -0.3 is 15.2 Å². The fourth-order valence-corrected chi connectivity index (χ4v) is 6.91. The molecule has 158 valence electrons. The fourth-order valence-electron chi connectivity index (χ4n) is 6.91. The fraction of sp³-hybridized carbons (Fsp3) is 0.739. The summed E-state index contributed by atoms with van der Waals surface area (Å²) in [6.07, 6.45) is 10.4. The second kappa shape index (κ2) is 7.33. The lowest BCUT2D eigenvalue weighted by atomic mass is 9.58. The molecule has 1 spiro atoms. The molecule has 4 fully saturated rings. The smallest absolute Gasteiger partial charge is 0.267 e. The summed E-state index contributed by atoms with van der Waals surface area (Å²) in [5.41, 5.74) is 7.14. The molecule has 2 aliphatic carbocycles. The number of nitrogens with zero attached hydrogens (tertiary/aromatic N) is 2. The second-order valence-corrected chi connectivity index (χ2v) is 9.74. The summed E-state index contributed by atoms with van der Waals surface area (Å²) < 4.78 is 11.9. The number of nitrogens with two attached hydrogens (primary N) is 1. The summed E-state index contributed by atoms with van der Waals surface area (Å²) in [5.74, 6) is 0.403. The number of likely N-dealkylation sites (tertiary alicyclic amines) is 1. The highest BCUT2D eigenvalue weighted by molar-refractivity contribution is 5.90. The van der Waals surface area contributed by atoms with Gasteiger partial charge in [0.05, 0.1) is 0 Å². The summed E-state index contributed by atoms with van der Waals surface area (Å²) in [5, 5.41) is 0. The molecule has 6 heteroatoms. The number of hydrogen-bond donors (Lipinski definition) is 1. The molecular weight excluding hydrogens is 366 g/mol. The van der Waals surface area contributed by atoms with Gasteiger partial charge in [0, 0.05) is 57.5 Å². The first-order valence-electron chi connectivity index (χ1n) is 11.2. The van der Waals surface area contributed by atoms with Gasteiger partial charge in [-0.1, -0.05) is 6.42 Å². The van der Waals surface area contributed by atoms with Gasteiger partial charge in [-0.25, -0.2) is 0 Å². The SMILES string of the molecule is COC1(c2ccnc(C(N)=O)c2)C2CCCC1CN(C1CC3(CCOCC3)C1)C2. The number of fused-ring (bicyclic) bond motifs is 2. The third-order valence-corrected chi connectivity index (χ3v) is 8.44. The molecule has 4 aliphatic rings. The van der Waals surface area contributed by atoms with Crippen LogP contribution < -0.4 is 5.73 Å². The van der Waals surface area contributed by atoms with E-state index in [1.54, 1.807) is 6.20 Å². The minimum atomic E-state index is -0.475. The number of amides is 1. The number of carbonyl (C=O) groups is 1. The van der Waals surface area contributed by atoms with Crippen LogP contribution in [0.1, 0.15) is 61.0 Å². The van der Waals surface area contributed by atoms with E-state index in [4.69, 9.17) is 15.2 Å². The van der Waals surface area contributed by atoms with Crippen LogP contribution in [0.5, 0.6) is 0 Å². The normalized spacial score (nSPS) is 34.7. The van der Waals surface area contributed by atoms with Crippen molar-refractivity contribution in [2.45, 2.75) is 56.6 Å². The molecule has 0 radical (unpaired) electrons. The van der Waals surface area contributed by atoms with Crippen LogP contribution >= 0.6 is 0 Å². The van der Waals surface area contributed by atoms with Crippen molar-refractivity contribution in [1.29, 1.82) is 0 Å². The summed E-state index contributed by atoms with van der Waals surface area (Å²) in [7, 11) is 1.84. The van der Waals surface area contributed by atoms with Gasteiger partial charge in [0.25, 0.3) is 5.91 Å². The highest BCUT2D eigenvalue weighted by Crippen LogP contribution is 2.56. The van der Waals surface area contributed by atoms with Gasteiger partial charge in [-0.3, -0.25) is 14.7 Å². The molecule has 1 amide bonds. The van der Waals surface area contributed by atoms with E-state index in [0.29, 0.717) is 29.0 Å². The Labute approximate surface area is 173 Å². The Hall–Kier alpha value is -1.50. The minimum absolute atomic E-state index is 0.331. The predicted octanol–water partition coefficient (Wildman–Crippen LogP) is 2.71. The summed E-state index contributed by atoms with van der Waals surface area (Å²) in [4.78, 5) is 18.6. The third kappa shape index (κ3) is 3.11. The maximum Gasteiger partial charge on any atom is 0.267 e. The zero-order valence-electron chi connectivity index (χ0n) is 17.4. The van der Waals surface area contributed by atoms with E-state index in [-0.39, 0.29) is 5.60 Å². The topological polar surface area (TPSA) is 77.7 Å². The number of hydrogen-bond acceptors (Lipinski definition) is 5. The number of carbonyl (C=O) groups excluding carboxylic acids is 1. The summed E-state index contributed by atoms with van der Waals surface area (Å²) >= 11 is 0. The minimum Gasteiger partial charge on any atom is -0.381 e. The maximum absolute atomic E-state index is 11.7. The number of ether oxygens (including phenoxy) is 2. The van der Waals surface area contributed by atoms with Crippen molar-refractivity contribution in [3.63, 3.8) is 0 Å². The Kier molecular flexibility index (Phi) is 4.92. The lowest BCUT2D eigenvalue weighted by molar-refractivity contribution is -0.188. The molecule has 1 aromatic heterocycles. The van der Waals surface area contributed by atoms with E-state index >= 15 is 0 Å². The first-order chi connectivity index (χ1) is 14.1. The first-order valence-corrected chi connectivity index (χ1v) is 11.2. The third-order valence-electron chi connectivity index (χ3n) is 8.44. The number of pyridine rings is 1. The summed E-state index contributed by atoms with van der Waals surface area (Å²) in [6, 6.07) is 4.61. The average Bonchev–Trinajstić information content (AvgIpc) is 2.71. The predicted molar refractivity (Wildman–Crippen MR) is 109 cm³/mol. The van der Waals surface area contributed by atoms with E-state index in [1.165, 1.54) is 44.9 Å². The molecule has 5 rings (SSSR count). The van der Waals surface area contributed by atoms with Crippen LogP contribution in [0.25, 0.3) is 0 Å². The van der Waals surface area contributed by atoms with E-state index in [0.717, 1.165) is 31.9 Å². The highest BCUT2D eigenvalue weighted by atomic mass is 16.5. The number of piperidine rings is 1. The Morgan fingerprint density at radius 1 is 1.24 bits per heavy atom. The standard InChI is InChI=1S/C23H33N3O3/c1-28-23(16-5-8-25-20(11-16)21(24)27)17-3-2-4-18(23)15-26(14-17)19-12-22(13-19)6-9-29-10-7-22/h5,8,11,17-19H,2-4,6-7,9-10,12-15H2,1H3,(H2,24,27). The lowest BCUT2D eigenvalue weighted by Gasteiger charge is -2.60. The van der Waals surface area contributed by atoms with E-state index in [9.17, 15) is 4.79 Å². The largest absolute Gasteiger partial charge is 0.381 e. The van der Waals surface area contributed by atoms with Gasteiger partial charge in [0.1, 0.15) is 11.3 Å². The molecular formula is C23H33N3O3. The maximum atomic E-state index is 11.7. The van der Waals surface area contributed by atoms with Gasteiger partial charge in [0.2, 0.25) is 0 Å². The Balaban J connectivity index is 1.38. The Morgan fingerprint density at radius 3 is 2.55 bits per heavy atom. The number of aromatic nitrogens is 1. The van der Waals surface area contributed by atoms with Crippen molar-refractivity contribution in [1.82, 2.24) is 9.88 Å². The number of rotatable bonds is 4. The molecule has 2 saturated heterocycles. The number of primary amides is 1. The first kappa shape index (κ1) is 19.5. The van der Waals surface area contributed by atoms with E-state index < -0.39 is 5.91 Å². The highest BCUT2D eigenvalue weighted by Gasteiger charge is 2.56. The van der Waals surface area contributed by atoms with Crippen LogP contribution in [0.2, 0.25) is 0 Å². The molecule has 3 heterocycles. The molecule has 6 nitrogen and oxygen atoms in total. The van der Waals surface area contributed by atoms with Crippen LogP contribution in [0.15, 0.2) is 18.3 Å². The number of methoxy groups -OCH3 is 1. The average molecular weight is 400 g/mol. The van der Waals surface area contributed by atoms with Crippen molar-refractivity contribution in [3.05, 3.63) is 29.6 Å². The van der Waals surface area contributed by atoms with E-state index in [1.807, 2.05) is 19.2 Å². The quantitative estimate of drug-likeness (QED) is 0.842. The molecule has 2 saturated carbocycles. The van der Waals surface area contributed by atoms with Crippen molar-refractivity contribution in [2.75, 3.05) is 33.4 Å². The van der Waals surface area contributed by atoms with Crippen LogP contribution in [0, 0.1) is 17.3 Å². The monoisotopic (exact) mass is 399 g/mol. The molecule has 2 N–H and O–H groups in total. The van der Waals surface area contributed by atoms with Crippen molar-refractivity contribution in [3.8, 4) is 0 Å². The lowest BCUT2D eigenvalue weighted by Crippen LogP contribution is -2.64. The molecule has 2 bridgehead atoms. The Bertz CT molecular complexity index is 754. The second-order valence-electron chi connectivity index (χ2n) is 9.74. The van der Waals surface area contributed by atoms with Crippen molar-refractivity contribution < 1.29 is 14.3 Å². The van der Waals surface area contributed by atoms with Crippen LogP contribution in [0.4, 0.5) is 0 Å². The molecule has 2 unspecified atom stereocenters. The van der Waals surface area contributed by atoms with Gasteiger partial charge in [-0.2, -0.15) is 0 Å². The van der Waals surface area contributed by atoms with Crippen molar-refractivity contribution in [2.24, 2.45) is 23.0 Å². The molecule has 29 heavy (non-hydrogen) atoms.